The molecule has 2 nitrogen and oxygen atoms in total. The summed E-state index contributed by atoms with van der Waals surface area (Å²) in [6.45, 7) is 2.10. The predicted octanol–water partition coefficient (Wildman–Crippen LogP) is 4.90. The number of imidazole rings is 1. The second-order valence-corrected chi connectivity index (χ2v) is 6.85. The fraction of sp³-hybridized carbons (Fsp3) is 0.312. The minimum atomic E-state index is 0.777. The first-order valence-corrected chi connectivity index (χ1v) is 8.19. The van der Waals surface area contributed by atoms with E-state index < -0.39 is 0 Å². The van der Waals surface area contributed by atoms with Gasteiger partial charge in [-0.2, -0.15) is 0 Å². The summed E-state index contributed by atoms with van der Waals surface area (Å²) >= 11 is 7.86. The number of nitrogens with zero attached hydrogens (tertiary/aromatic N) is 2. The van der Waals surface area contributed by atoms with E-state index in [-0.39, 0.29) is 0 Å². The zero-order chi connectivity index (χ0) is 13.7. The summed E-state index contributed by atoms with van der Waals surface area (Å²) in [4.78, 5) is 7.43. The quantitative estimate of drug-likeness (QED) is 0.625. The number of rotatable bonds is 1. The molecule has 0 amide bonds. The van der Waals surface area contributed by atoms with Crippen LogP contribution in [0.4, 0.5) is 0 Å². The molecule has 0 saturated heterocycles. The normalized spacial score (nSPS) is 14.7. The Kier molecular flexibility index (Phi) is 2.86. The predicted molar refractivity (Wildman–Crippen MR) is 84.9 cm³/mol. The van der Waals surface area contributed by atoms with Crippen LogP contribution in [0, 0.1) is 6.92 Å². The molecule has 0 aliphatic heterocycles. The standard InChI is InChI=1S/C16H15ClN2S/c1-10-15(11-6-8-12(17)9-7-11)19-13-4-2-3-5-14(13)20-16(19)18-10/h6-9H,2-5H2,1H3. The van der Waals surface area contributed by atoms with Crippen LogP contribution in [0.15, 0.2) is 24.3 Å². The van der Waals surface area contributed by atoms with Crippen LogP contribution in [-0.2, 0) is 12.8 Å². The molecule has 2 aromatic heterocycles. The molecule has 0 fully saturated rings. The Labute approximate surface area is 127 Å². The lowest BCUT2D eigenvalue weighted by Gasteiger charge is -2.12. The van der Waals surface area contributed by atoms with Gasteiger partial charge in [-0.15, -0.1) is 11.3 Å². The van der Waals surface area contributed by atoms with Crippen LogP contribution in [0.2, 0.25) is 5.02 Å². The highest BCUT2D eigenvalue weighted by Gasteiger charge is 2.21. The van der Waals surface area contributed by atoms with Gasteiger partial charge in [0.2, 0.25) is 0 Å². The summed E-state index contributed by atoms with van der Waals surface area (Å²) in [7, 11) is 0. The molecule has 1 aromatic carbocycles. The van der Waals surface area contributed by atoms with Gasteiger partial charge in [0.15, 0.2) is 4.96 Å². The van der Waals surface area contributed by atoms with Crippen LogP contribution in [0.5, 0.6) is 0 Å². The SMILES string of the molecule is Cc1nc2sc3c(n2c1-c1ccc(Cl)cc1)CCCC3. The summed E-state index contributed by atoms with van der Waals surface area (Å²) in [5.74, 6) is 0. The summed E-state index contributed by atoms with van der Waals surface area (Å²) < 4.78 is 2.37. The van der Waals surface area contributed by atoms with Crippen LogP contribution in [0.25, 0.3) is 16.2 Å². The van der Waals surface area contributed by atoms with Crippen LogP contribution < -0.4 is 0 Å². The molecule has 3 aromatic rings. The molecular weight excluding hydrogens is 288 g/mol. The number of thiazole rings is 1. The van der Waals surface area contributed by atoms with Crippen molar-refractivity contribution < 1.29 is 0 Å². The van der Waals surface area contributed by atoms with E-state index in [2.05, 4.69) is 23.5 Å². The monoisotopic (exact) mass is 302 g/mol. The summed E-state index contributed by atoms with van der Waals surface area (Å²) in [5.41, 5.74) is 5.01. The maximum absolute atomic E-state index is 6.00. The number of aryl methyl sites for hydroxylation is 3. The molecule has 0 spiro atoms. The Morgan fingerprint density at radius 3 is 2.70 bits per heavy atom. The molecule has 0 atom stereocenters. The number of aromatic nitrogens is 2. The minimum absolute atomic E-state index is 0.777. The molecule has 1 aliphatic carbocycles. The third-order valence-electron chi connectivity index (χ3n) is 4.01. The van der Waals surface area contributed by atoms with E-state index in [0.29, 0.717) is 0 Å². The average Bonchev–Trinajstić information content (AvgIpc) is 2.94. The van der Waals surface area contributed by atoms with Crippen molar-refractivity contribution in [2.75, 3.05) is 0 Å². The lowest BCUT2D eigenvalue weighted by Crippen LogP contribution is -2.03. The highest BCUT2D eigenvalue weighted by Crippen LogP contribution is 2.35. The molecule has 1 aliphatic rings. The van der Waals surface area contributed by atoms with Gasteiger partial charge in [0.05, 0.1) is 11.4 Å². The topological polar surface area (TPSA) is 17.3 Å². The Bertz CT molecular complexity index is 783. The van der Waals surface area contributed by atoms with Gasteiger partial charge >= 0.3 is 0 Å². The number of halogens is 1. The van der Waals surface area contributed by atoms with Gasteiger partial charge in [-0.05, 0) is 44.7 Å². The van der Waals surface area contributed by atoms with Gasteiger partial charge in [-0.3, -0.25) is 4.40 Å². The summed E-state index contributed by atoms with van der Waals surface area (Å²) in [5, 5.41) is 0.777. The number of fused-ring (bicyclic) bond motifs is 3. The molecule has 102 valence electrons. The largest absolute Gasteiger partial charge is 0.287 e. The van der Waals surface area contributed by atoms with Crippen LogP contribution in [-0.4, -0.2) is 9.38 Å². The molecule has 20 heavy (non-hydrogen) atoms. The number of hydrogen-bond donors (Lipinski definition) is 0. The average molecular weight is 303 g/mol. The number of benzene rings is 1. The van der Waals surface area contributed by atoms with E-state index in [0.717, 1.165) is 15.7 Å². The highest BCUT2D eigenvalue weighted by atomic mass is 35.5. The molecule has 0 bridgehead atoms. The zero-order valence-corrected chi connectivity index (χ0v) is 12.9. The van der Waals surface area contributed by atoms with Crippen LogP contribution in [0.3, 0.4) is 0 Å². The molecule has 4 heteroatoms. The Balaban J connectivity index is 2.00. The van der Waals surface area contributed by atoms with Crippen molar-refractivity contribution in [3.05, 3.63) is 45.6 Å². The van der Waals surface area contributed by atoms with Crippen molar-refractivity contribution in [1.82, 2.24) is 9.38 Å². The van der Waals surface area contributed by atoms with Crippen LogP contribution in [0.1, 0.15) is 29.1 Å². The second kappa shape index (κ2) is 4.61. The molecule has 4 rings (SSSR count). The summed E-state index contributed by atoms with van der Waals surface area (Å²) in [6, 6.07) is 8.08. The summed E-state index contributed by atoms with van der Waals surface area (Å²) in [6.07, 6.45) is 4.98. The smallest absolute Gasteiger partial charge is 0.194 e. The lowest BCUT2D eigenvalue weighted by molar-refractivity contribution is 0.675. The van der Waals surface area contributed by atoms with E-state index in [1.165, 1.54) is 47.5 Å². The van der Waals surface area contributed by atoms with Crippen molar-refractivity contribution in [2.45, 2.75) is 32.6 Å². The van der Waals surface area contributed by atoms with Gasteiger partial charge in [0.25, 0.3) is 0 Å². The van der Waals surface area contributed by atoms with E-state index in [1.807, 2.05) is 23.5 Å². The Morgan fingerprint density at radius 1 is 1.15 bits per heavy atom. The van der Waals surface area contributed by atoms with E-state index >= 15 is 0 Å². The molecule has 0 saturated carbocycles. The minimum Gasteiger partial charge on any atom is -0.287 e. The molecule has 0 unspecified atom stereocenters. The fourth-order valence-corrected chi connectivity index (χ4v) is 4.47. The van der Waals surface area contributed by atoms with Gasteiger partial charge in [-0.1, -0.05) is 23.7 Å². The van der Waals surface area contributed by atoms with Crippen molar-refractivity contribution in [1.29, 1.82) is 0 Å². The first kappa shape index (κ1) is 12.4. The Hall–Kier alpha value is -1.32. The van der Waals surface area contributed by atoms with E-state index in [4.69, 9.17) is 16.6 Å². The zero-order valence-electron chi connectivity index (χ0n) is 11.3. The van der Waals surface area contributed by atoms with Crippen molar-refractivity contribution >= 4 is 27.9 Å². The molecule has 2 heterocycles. The maximum Gasteiger partial charge on any atom is 0.194 e. The van der Waals surface area contributed by atoms with Gasteiger partial charge in [0, 0.05) is 21.2 Å². The fourth-order valence-electron chi connectivity index (χ4n) is 3.09. The van der Waals surface area contributed by atoms with Crippen molar-refractivity contribution in [3.63, 3.8) is 0 Å². The van der Waals surface area contributed by atoms with Gasteiger partial charge in [0.1, 0.15) is 0 Å². The lowest BCUT2D eigenvalue weighted by atomic mass is 10.0. The number of hydrogen-bond acceptors (Lipinski definition) is 2. The molecule has 0 radical (unpaired) electrons. The maximum atomic E-state index is 6.00. The van der Waals surface area contributed by atoms with Crippen molar-refractivity contribution in [3.8, 4) is 11.3 Å². The third kappa shape index (κ3) is 1.80. The second-order valence-electron chi connectivity index (χ2n) is 5.35. The van der Waals surface area contributed by atoms with Gasteiger partial charge < -0.3 is 0 Å². The van der Waals surface area contributed by atoms with Gasteiger partial charge in [-0.25, -0.2) is 4.98 Å². The van der Waals surface area contributed by atoms with Crippen LogP contribution >= 0.6 is 22.9 Å². The highest BCUT2D eigenvalue weighted by molar-refractivity contribution is 7.17. The van der Waals surface area contributed by atoms with E-state index in [1.54, 1.807) is 0 Å². The first-order valence-electron chi connectivity index (χ1n) is 6.99. The first-order chi connectivity index (χ1) is 9.74. The molecule has 0 N–H and O–H groups in total. The van der Waals surface area contributed by atoms with Crippen molar-refractivity contribution in [2.24, 2.45) is 0 Å². The van der Waals surface area contributed by atoms with E-state index in [9.17, 15) is 0 Å². The molecular formula is C16H15ClN2S. The Morgan fingerprint density at radius 2 is 1.90 bits per heavy atom. The third-order valence-corrected chi connectivity index (χ3v) is 5.41.